The first-order valence-corrected chi connectivity index (χ1v) is 8.78. The van der Waals surface area contributed by atoms with E-state index in [-0.39, 0.29) is 18.1 Å². The average Bonchev–Trinajstić information content (AvgIpc) is 2.60. The molecule has 3 heteroatoms. The summed E-state index contributed by atoms with van der Waals surface area (Å²) in [5, 5.41) is 6.06. The molecule has 0 bridgehead atoms. The fourth-order valence-electron chi connectivity index (χ4n) is 2.69. The first-order chi connectivity index (χ1) is 11.6. The van der Waals surface area contributed by atoms with Gasteiger partial charge in [0.05, 0.1) is 0 Å². The number of urea groups is 1. The summed E-state index contributed by atoms with van der Waals surface area (Å²) >= 11 is 0. The Hall–Kier alpha value is -2.29. The van der Waals surface area contributed by atoms with Gasteiger partial charge in [0.25, 0.3) is 0 Å². The van der Waals surface area contributed by atoms with Gasteiger partial charge in [0, 0.05) is 12.1 Å². The van der Waals surface area contributed by atoms with Crippen LogP contribution in [0.5, 0.6) is 0 Å². The van der Waals surface area contributed by atoms with E-state index in [9.17, 15) is 4.79 Å². The first-order valence-electron chi connectivity index (χ1n) is 8.78. The van der Waals surface area contributed by atoms with E-state index in [0.717, 1.165) is 25.7 Å². The minimum absolute atomic E-state index is 0.0730. The molecule has 2 amide bonds. The molecule has 2 N–H and O–H groups in total. The molecule has 0 saturated heterocycles. The van der Waals surface area contributed by atoms with Gasteiger partial charge in [0.15, 0.2) is 0 Å². The summed E-state index contributed by atoms with van der Waals surface area (Å²) in [5.74, 6) is 0. The standard InChI is InChI=1S/C21H28N2O/c1-17(13-15-19-9-5-3-6-10-19)22-21(24)23-18(2)14-16-20-11-7-4-8-12-20/h3-12,17-18H,13-16H2,1-2H3,(H2,22,23,24). The van der Waals surface area contributed by atoms with Crippen LogP contribution in [0.15, 0.2) is 60.7 Å². The van der Waals surface area contributed by atoms with E-state index in [2.05, 4.69) is 73.0 Å². The lowest BCUT2D eigenvalue weighted by molar-refractivity contribution is 0.233. The van der Waals surface area contributed by atoms with Crippen molar-refractivity contribution in [1.82, 2.24) is 10.6 Å². The van der Waals surface area contributed by atoms with Crippen molar-refractivity contribution < 1.29 is 4.79 Å². The SMILES string of the molecule is CC(CCc1ccccc1)NC(=O)NC(C)CCc1ccccc1. The van der Waals surface area contributed by atoms with Crippen LogP contribution < -0.4 is 10.6 Å². The maximum atomic E-state index is 12.1. The maximum absolute atomic E-state index is 12.1. The van der Waals surface area contributed by atoms with E-state index in [1.807, 2.05) is 12.1 Å². The van der Waals surface area contributed by atoms with Crippen LogP contribution in [0.4, 0.5) is 4.79 Å². The quantitative estimate of drug-likeness (QED) is 0.745. The highest BCUT2D eigenvalue weighted by atomic mass is 16.2. The van der Waals surface area contributed by atoms with Crippen LogP contribution in [-0.4, -0.2) is 18.1 Å². The van der Waals surface area contributed by atoms with Crippen LogP contribution in [-0.2, 0) is 12.8 Å². The van der Waals surface area contributed by atoms with Gasteiger partial charge >= 0.3 is 6.03 Å². The van der Waals surface area contributed by atoms with Gasteiger partial charge in [0.2, 0.25) is 0 Å². The molecule has 0 aliphatic heterocycles. The molecule has 0 aliphatic carbocycles. The van der Waals surface area contributed by atoms with E-state index >= 15 is 0 Å². The Morgan fingerprint density at radius 3 is 1.50 bits per heavy atom. The zero-order chi connectivity index (χ0) is 17.2. The van der Waals surface area contributed by atoms with Crippen LogP contribution in [0.3, 0.4) is 0 Å². The molecule has 0 fully saturated rings. The average molecular weight is 324 g/mol. The van der Waals surface area contributed by atoms with E-state index < -0.39 is 0 Å². The van der Waals surface area contributed by atoms with Crippen molar-refractivity contribution in [3.63, 3.8) is 0 Å². The van der Waals surface area contributed by atoms with Crippen molar-refractivity contribution in [3.05, 3.63) is 71.8 Å². The molecule has 128 valence electrons. The molecule has 3 nitrogen and oxygen atoms in total. The number of aryl methyl sites for hydroxylation is 2. The lowest BCUT2D eigenvalue weighted by Gasteiger charge is -2.18. The molecule has 0 heterocycles. The number of hydrogen-bond donors (Lipinski definition) is 2. The molecule has 2 aromatic rings. The maximum Gasteiger partial charge on any atom is 0.315 e. The number of rotatable bonds is 8. The molecule has 0 radical (unpaired) electrons. The Morgan fingerprint density at radius 1 is 0.750 bits per heavy atom. The predicted molar refractivity (Wildman–Crippen MR) is 100 cm³/mol. The Morgan fingerprint density at radius 2 is 1.12 bits per heavy atom. The third kappa shape index (κ3) is 6.86. The highest BCUT2D eigenvalue weighted by Gasteiger charge is 2.10. The highest BCUT2D eigenvalue weighted by molar-refractivity contribution is 5.74. The minimum atomic E-state index is -0.0730. The van der Waals surface area contributed by atoms with Crippen molar-refractivity contribution in [1.29, 1.82) is 0 Å². The first kappa shape index (κ1) is 18.1. The Labute approximate surface area is 145 Å². The van der Waals surface area contributed by atoms with E-state index in [0.29, 0.717) is 0 Å². The Kier molecular flexibility index (Phi) is 7.34. The molecule has 0 aliphatic rings. The van der Waals surface area contributed by atoms with Crippen molar-refractivity contribution in [3.8, 4) is 0 Å². The smallest absolute Gasteiger partial charge is 0.315 e. The minimum Gasteiger partial charge on any atom is -0.336 e. The molecular weight excluding hydrogens is 296 g/mol. The predicted octanol–water partition coefficient (Wildman–Crippen LogP) is 4.33. The van der Waals surface area contributed by atoms with Crippen LogP contribution in [0, 0.1) is 0 Å². The highest BCUT2D eigenvalue weighted by Crippen LogP contribution is 2.06. The summed E-state index contributed by atoms with van der Waals surface area (Å²) in [4.78, 5) is 12.1. The number of hydrogen-bond acceptors (Lipinski definition) is 1. The van der Waals surface area contributed by atoms with Crippen LogP contribution >= 0.6 is 0 Å². The number of amides is 2. The van der Waals surface area contributed by atoms with E-state index in [1.165, 1.54) is 11.1 Å². The molecule has 2 atom stereocenters. The molecule has 2 aromatic carbocycles. The topological polar surface area (TPSA) is 41.1 Å². The van der Waals surface area contributed by atoms with E-state index in [4.69, 9.17) is 0 Å². The summed E-state index contributed by atoms with van der Waals surface area (Å²) < 4.78 is 0. The fourth-order valence-corrected chi connectivity index (χ4v) is 2.69. The zero-order valence-electron chi connectivity index (χ0n) is 14.7. The Bertz CT molecular complexity index is 544. The summed E-state index contributed by atoms with van der Waals surface area (Å²) in [6.07, 6.45) is 3.84. The second-order valence-corrected chi connectivity index (χ2v) is 6.47. The molecule has 0 saturated carbocycles. The second-order valence-electron chi connectivity index (χ2n) is 6.47. The third-order valence-corrected chi connectivity index (χ3v) is 4.17. The van der Waals surface area contributed by atoms with Crippen LogP contribution in [0.2, 0.25) is 0 Å². The van der Waals surface area contributed by atoms with E-state index in [1.54, 1.807) is 0 Å². The molecule has 2 rings (SSSR count). The molecule has 2 unspecified atom stereocenters. The molecule has 0 aromatic heterocycles. The third-order valence-electron chi connectivity index (χ3n) is 4.17. The lowest BCUT2D eigenvalue weighted by Crippen LogP contribution is -2.44. The summed E-state index contributed by atoms with van der Waals surface area (Å²) in [7, 11) is 0. The second kappa shape index (κ2) is 9.76. The lowest BCUT2D eigenvalue weighted by atomic mass is 10.1. The number of nitrogens with one attached hydrogen (secondary N) is 2. The van der Waals surface area contributed by atoms with Gasteiger partial charge in [-0.15, -0.1) is 0 Å². The van der Waals surface area contributed by atoms with Gasteiger partial charge in [-0.05, 0) is 50.7 Å². The van der Waals surface area contributed by atoms with Crippen molar-refractivity contribution >= 4 is 6.03 Å². The van der Waals surface area contributed by atoms with Gasteiger partial charge < -0.3 is 10.6 Å². The molecular formula is C21H28N2O. The van der Waals surface area contributed by atoms with Gasteiger partial charge in [-0.25, -0.2) is 4.79 Å². The van der Waals surface area contributed by atoms with Gasteiger partial charge in [-0.2, -0.15) is 0 Å². The monoisotopic (exact) mass is 324 g/mol. The van der Waals surface area contributed by atoms with Crippen LogP contribution in [0.25, 0.3) is 0 Å². The van der Waals surface area contributed by atoms with Gasteiger partial charge in [-0.1, -0.05) is 60.7 Å². The summed E-state index contributed by atoms with van der Waals surface area (Å²) in [6, 6.07) is 21.0. The fraction of sp³-hybridized carbons (Fsp3) is 0.381. The number of benzene rings is 2. The van der Waals surface area contributed by atoms with Crippen molar-refractivity contribution in [2.24, 2.45) is 0 Å². The van der Waals surface area contributed by atoms with Crippen molar-refractivity contribution in [2.45, 2.75) is 51.6 Å². The zero-order valence-corrected chi connectivity index (χ0v) is 14.7. The molecule has 24 heavy (non-hydrogen) atoms. The summed E-state index contributed by atoms with van der Waals surface area (Å²) in [6.45, 7) is 4.11. The van der Waals surface area contributed by atoms with Crippen LogP contribution in [0.1, 0.15) is 37.8 Å². The number of carbonyl (C=O) groups is 1. The van der Waals surface area contributed by atoms with Gasteiger partial charge in [-0.3, -0.25) is 0 Å². The van der Waals surface area contributed by atoms with Crippen molar-refractivity contribution in [2.75, 3.05) is 0 Å². The largest absolute Gasteiger partial charge is 0.336 e. The Balaban J connectivity index is 1.64. The number of carbonyl (C=O) groups excluding carboxylic acids is 1. The summed E-state index contributed by atoms with van der Waals surface area (Å²) in [5.41, 5.74) is 2.62. The van der Waals surface area contributed by atoms with Gasteiger partial charge in [0.1, 0.15) is 0 Å². The molecule has 0 spiro atoms. The normalized spacial score (nSPS) is 13.1.